The summed E-state index contributed by atoms with van der Waals surface area (Å²) < 4.78 is 19.0. The van der Waals surface area contributed by atoms with Gasteiger partial charge in [-0.2, -0.15) is 0 Å². The number of carboxylic acids is 1. The normalized spacial score (nSPS) is 15.4. The first-order chi connectivity index (χ1) is 13.0. The van der Waals surface area contributed by atoms with Gasteiger partial charge in [0, 0.05) is 11.1 Å². The Morgan fingerprint density at radius 1 is 1.15 bits per heavy atom. The number of hydrogen-bond donors (Lipinski definition) is 1. The molecule has 2 amide bonds. The highest BCUT2D eigenvalue weighted by Gasteiger charge is 2.35. The van der Waals surface area contributed by atoms with Crippen LogP contribution < -0.4 is 4.74 Å². The number of carboxylic acid groups (broad SMARTS) is 1. The smallest absolute Gasteiger partial charge is 0.341 e. The number of imide groups is 1. The Hall–Kier alpha value is -3.13. The second kappa shape index (κ2) is 8.05. The Balaban J connectivity index is 1.83. The molecule has 0 unspecified atom stereocenters. The van der Waals surface area contributed by atoms with Crippen LogP contribution in [-0.2, 0) is 16.1 Å². The van der Waals surface area contributed by atoms with Gasteiger partial charge in [0.25, 0.3) is 11.1 Å². The molecule has 0 bridgehead atoms. The van der Waals surface area contributed by atoms with E-state index in [4.69, 9.17) is 9.84 Å². The third-order valence-corrected chi connectivity index (χ3v) is 4.62. The number of halogens is 1. The van der Waals surface area contributed by atoms with Gasteiger partial charge >= 0.3 is 5.97 Å². The minimum atomic E-state index is -1.13. The molecule has 1 aliphatic heterocycles. The van der Waals surface area contributed by atoms with Gasteiger partial charge in [-0.15, -0.1) is 0 Å². The van der Waals surface area contributed by atoms with E-state index in [0.29, 0.717) is 5.56 Å². The molecule has 0 atom stereocenters. The molecule has 2 aromatic rings. The highest BCUT2D eigenvalue weighted by atomic mass is 32.2. The first-order valence-corrected chi connectivity index (χ1v) is 8.70. The Morgan fingerprint density at radius 3 is 2.59 bits per heavy atom. The summed E-state index contributed by atoms with van der Waals surface area (Å²) in [5.74, 6) is -1.88. The van der Waals surface area contributed by atoms with Crippen LogP contribution in [0, 0.1) is 5.82 Å². The molecule has 0 radical (unpaired) electrons. The SMILES string of the molecule is O=C(O)COc1ccccc1/C=C1/SC(=O)N(Cc2ccccc2F)C1=O. The van der Waals surface area contributed by atoms with E-state index in [-0.39, 0.29) is 22.8 Å². The molecule has 6 nitrogen and oxygen atoms in total. The first-order valence-electron chi connectivity index (χ1n) is 7.88. The molecule has 1 heterocycles. The number of aliphatic carboxylic acids is 1. The van der Waals surface area contributed by atoms with E-state index in [2.05, 4.69) is 0 Å². The summed E-state index contributed by atoms with van der Waals surface area (Å²) >= 11 is 0.739. The zero-order valence-corrected chi connectivity index (χ0v) is 14.7. The highest BCUT2D eigenvalue weighted by Crippen LogP contribution is 2.35. The van der Waals surface area contributed by atoms with Gasteiger partial charge < -0.3 is 9.84 Å². The maximum atomic E-state index is 13.8. The standard InChI is InChI=1S/C19H14FNO5S/c20-14-7-3-1-6-13(14)10-21-18(24)16(27-19(21)25)9-12-5-2-4-8-15(12)26-11-17(22)23/h1-9H,10-11H2,(H,22,23)/b16-9+. The molecule has 1 N–H and O–H groups in total. The lowest BCUT2D eigenvalue weighted by Gasteiger charge is -2.13. The molecule has 1 aliphatic rings. The summed E-state index contributed by atoms with van der Waals surface area (Å²) in [5.41, 5.74) is 0.710. The first kappa shape index (κ1) is 18.7. The zero-order chi connectivity index (χ0) is 19.4. The lowest BCUT2D eigenvalue weighted by atomic mass is 10.1. The van der Waals surface area contributed by atoms with Crippen LogP contribution in [0.4, 0.5) is 9.18 Å². The molecule has 138 valence electrons. The van der Waals surface area contributed by atoms with Gasteiger partial charge in [-0.3, -0.25) is 14.5 Å². The fourth-order valence-electron chi connectivity index (χ4n) is 2.45. The number of carbonyl (C=O) groups excluding carboxylic acids is 2. The Morgan fingerprint density at radius 2 is 1.85 bits per heavy atom. The molecule has 0 saturated carbocycles. The van der Waals surface area contributed by atoms with Gasteiger partial charge in [0.2, 0.25) is 0 Å². The molecule has 2 aromatic carbocycles. The quantitative estimate of drug-likeness (QED) is 0.764. The van der Waals surface area contributed by atoms with Crippen LogP contribution in [0.5, 0.6) is 5.75 Å². The monoisotopic (exact) mass is 387 g/mol. The maximum Gasteiger partial charge on any atom is 0.341 e. The lowest BCUT2D eigenvalue weighted by Crippen LogP contribution is -2.27. The second-order valence-electron chi connectivity index (χ2n) is 5.58. The summed E-state index contributed by atoms with van der Waals surface area (Å²) in [5, 5.41) is 8.24. The van der Waals surface area contributed by atoms with Crippen molar-refractivity contribution in [1.29, 1.82) is 0 Å². The molecule has 0 aliphatic carbocycles. The van der Waals surface area contributed by atoms with Crippen LogP contribution in [0.25, 0.3) is 6.08 Å². The topological polar surface area (TPSA) is 83.9 Å². The average molecular weight is 387 g/mol. The van der Waals surface area contributed by atoms with Crippen LogP contribution >= 0.6 is 11.8 Å². The molecule has 27 heavy (non-hydrogen) atoms. The molecular formula is C19H14FNO5S. The number of thioether (sulfide) groups is 1. The molecule has 0 aromatic heterocycles. The van der Waals surface area contributed by atoms with Crippen molar-refractivity contribution in [1.82, 2.24) is 4.90 Å². The maximum absolute atomic E-state index is 13.8. The van der Waals surface area contributed by atoms with Crippen LogP contribution in [0.2, 0.25) is 0 Å². The van der Waals surface area contributed by atoms with Crippen molar-refractivity contribution < 1.29 is 28.6 Å². The van der Waals surface area contributed by atoms with Gasteiger partial charge in [-0.05, 0) is 30.0 Å². The number of carbonyl (C=O) groups is 3. The lowest BCUT2D eigenvalue weighted by molar-refractivity contribution is -0.139. The summed E-state index contributed by atoms with van der Waals surface area (Å²) in [7, 11) is 0. The van der Waals surface area contributed by atoms with E-state index in [1.807, 2.05) is 0 Å². The van der Waals surface area contributed by atoms with Gasteiger partial charge in [0.1, 0.15) is 11.6 Å². The van der Waals surface area contributed by atoms with E-state index < -0.39 is 29.5 Å². The molecule has 3 rings (SSSR count). The van der Waals surface area contributed by atoms with Crippen molar-refractivity contribution in [3.63, 3.8) is 0 Å². The van der Waals surface area contributed by atoms with Crippen LogP contribution in [-0.4, -0.2) is 33.7 Å². The molecule has 0 spiro atoms. The van der Waals surface area contributed by atoms with Gasteiger partial charge in [-0.25, -0.2) is 9.18 Å². The predicted octanol–water partition coefficient (Wildman–Crippen LogP) is 3.53. The summed E-state index contributed by atoms with van der Waals surface area (Å²) in [6.45, 7) is -0.689. The van der Waals surface area contributed by atoms with Crippen LogP contribution in [0.15, 0.2) is 53.4 Å². The number of ether oxygens (including phenoxy) is 1. The fourth-order valence-corrected chi connectivity index (χ4v) is 3.27. The van der Waals surface area contributed by atoms with E-state index >= 15 is 0 Å². The van der Waals surface area contributed by atoms with Crippen molar-refractivity contribution in [3.8, 4) is 5.75 Å². The number of nitrogens with zero attached hydrogens (tertiary/aromatic N) is 1. The van der Waals surface area contributed by atoms with Crippen LogP contribution in [0.1, 0.15) is 11.1 Å². The number of amides is 2. The van der Waals surface area contributed by atoms with Gasteiger partial charge in [-0.1, -0.05) is 36.4 Å². The van der Waals surface area contributed by atoms with Crippen molar-refractivity contribution in [2.24, 2.45) is 0 Å². The molecule has 8 heteroatoms. The second-order valence-corrected chi connectivity index (χ2v) is 6.57. The van der Waals surface area contributed by atoms with Crippen LogP contribution in [0.3, 0.4) is 0 Å². The fraction of sp³-hybridized carbons (Fsp3) is 0.105. The van der Waals surface area contributed by atoms with E-state index in [1.54, 1.807) is 30.3 Å². The van der Waals surface area contributed by atoms with Crippen molar-refractivity contribution in [2.75, 3.05) is 6.61 Å². The van der Waals surface area contributed by atoms with E-state index in [0.717, 1.165) is 16.7 Å². The highest BCUT2D eigenvalue weighted by molar-refractivity contribution is 8.18. The minimum absolute atomic E-state index is 0.155. The Labute approximate surface area is 158 Å². The van der Waals surface area contributed by atoms with Crippen molar-refractivity contribution in [3.05, 3.63) is 70.4 Å². The predicted molar refractivity (Wildman–Crippen MR) is 97.5 cm³/mol. The summed E-state index contributed by atoms with van der Waals surface area (Å²) in [4.78, 5) is 36.6. The average Bonchev–Trinajstić information content (AvgIpc) is 2.90. The molecular weight excluding hydrogens is 373 g/mol. The summed E-state index contributed by atoms with van der Waals surface area (Å²) in [6, 6.07) is 12.5. The summed E-state index contributed by atoms with van der Waals surface area (Å²) in [6.07, 6.45) is 1.46. The largest absolute Gasteiger partial charge is 0.481 e. The minimum Gasteiger partial charge on any atom is -0.481 e. The van der Waals surface area contributed by atoms with Gasteiger partial charge in [0.05, 0.1) is 11.4 Å². The molecule has 1 saturated heterocycles. The van der Waals surface area contributed by atoms with E-state index in [1.165, 1.54) is 24.3 Å². The van der Waals surface area contributed by atoms with Crippen molar-refractivity contribution in [2.45, 2.75) is 6.54 Å². The molecule has 1 fully saturated rings. The third-order valence-electron chi connectivity index (χ3n) is 3.72. The number of para-hydroxylation sites is 1. The van der Waals surface area contributed by atoms with Crippen molar-refractivity contribution >= 4 is 35.0 Å². The number of hydrogen-bond acceptors (Lipinski definition) is 5. The Kier molecular flexibility index (Phi) is 5.56. The Bertz CT molecular complexity index is 943. The van der Waals surface area contributed by atoms with Gasteiger partial charge in [0.15, 0.2) is 6.61 Å². The number of rotatable bonds is 6. The zero-order valence-electron chi connectivity index (χ0n) is 13.9. The third kappa shape index (κ3) is 4.35. The number of benzene rings is 2. The van der Waals surface area contributed by atoms with E-state index in [9.17, 15) is 18.8 Å².